The second-order valence-corrected chi connectivity index (χ2v) is 8.98. The molecule has 32 heavy (non-hydrogen) atoms. The molecule has 1 aliphatic rings. The predicted octanol–water partition coefficient (Wildman–Crippen LogP) is 5.63. The summed E-state index contributed by atoms with van der Waals surface area (Å²) >= 11 is 12.2. The third kappa shape index (κ3) is 6.88. The minimum absolute atomic E-state index is 0.112. The quantitative estimate of drug-likeness (QED) is 0.510. The first-order valence-electron chi connectivity index (χ1n) is 11.2. The van der Waals surface area contributed by atoms with Crippen LogP contribution in [-0.2, 0) is 16.1 Å². The molecular formula is C25H30Cl2N2O3. The average Bonchev–Trinajstić information content (AvgIpc) is 2.80. The molecule has 2 amide bonds. The molecule has 3 rings (SSSR count). The fraction of sp³-hybridized carbons (Fsp3) is 0.440. The van der Waals surface area contributed by atoms with E-state index in [9.17, 15) is 9.59 Å². The molecule has 2 aromatic rings. The third-order valence-electron chi connectivity index (χ3n) is 5.79. The van der Waals surface area contributed by atoms with E-state index in [-0.39, 0.29) is 24.5 Å². The largest absolute Gasteiger partial charge is 0.482 e. The van der Waals surface area contributed by atoms with Crippen LogP contribution in [0, 0.1) is 0 Å². The molecular weight excluding hydrogens is 447 g/mol. The van der Waals surface area contributed by atoms with Crippen LogP contribution >= 0.6 is 23.2 Å². The number of carbonyl (C=O) groups is 2. The van der Waals surface area contributed by atoms with Gasteiger partial charge < -0.3 is 15.0 Å². The van der Waals surface area contributed by atoms with Gasteiger partial charge >= 0.3 is 0 Å². The molecule has 1 fully saturated rings. The molecule has 0 radical (unpaired) electrons. The first-order chi connectivity index (χ1) is 15.5. The zero-order valence-electron chi connectivity index (χ0n) is 18.4. The zero-order chi connectivity index (χ0) is 22.9. The number of amides is 2. The van der Waals surface area contributed by atoms with E-state index in [0.717, 1.165) is 31.2 Å². The Bertz CT molecular complexity index is 898. The number of rotatable bonds is 9. The highest BCUT2D eigenvalue weighted by molar-refractivity contribution is 6.32. The van der Waals surface area contributed by atoms with Crippen molar-refractivity contribution < 1.29 is 14.3 Å². The number of ether oxygens (including phenoxy) is 1. The van der Waals surface area contributed by atoms with E-state index in [1.807, 2.05) is 19.1 Å². The van der Waals surface area contributed by atoms with Crippen molar-refractivity contribution in [1.82, 2.24) is 10.2 Å². The van der Waals surface area contributed by atoms with Crippen LogP contribution in [0.5, 0.6) is 5.75 Å². The Balaban J connectivity index is 1.75. The first kappa shape index (κ1) is 24.4. The van der Waals surface area contributed by atoms with E-state index in [2.05, 4.69) is 5.32 Å². The van der Waals surface area contributed by atoms with Crippen molar-refractivity contribution in [1.29, 1.82) is 0 Å². The normalized spacial score (nSPS) is 15.1. The smallest absolute Gasteiger partial charge is 0.261 e. The molecule has 0 heterocycles. The van der Waals surface area contributed by atoms with Gasteiger partial charge in [-0.05, 0) is 49.1 Å². The van der Waals surface area contributed by atoms with Crippen molar-refractivity contribution in [3.05, 3.63) is 64.1 Å². The number of halogens is 2. The van der Waals surface area contributed by atoms with Gasteiger partial charge in [-0.2, -0.15) is 0 Å². The summed E-state index contributed by atoms with van der Waals surface area (Å²) in [5.74, 6) is 0.0543. The highest BCUT2D eigenvalue weighted by atomic mass is 35.5. The fourth-order valence-corrected chi connectivity index (χ4v) is 4.35. The molecule has 1 aliphatic carbocycles. The van der Waals surface area contributed by atoms with Crippen LogP contribution in [-0.4, -0.2) is 35.4 Å². The second kappa shape index (κ2) is 12.1. The Morgan fingerprint density at radius 1 is 1.06 bits per heavy atom. The van der Waals surface area contributed by atoms with Crippen LogP contribution in [0.25, 0.3) is 0 Å². The van der Waals surface area contributed by atoms with E-state index < -0.39 is 6.04 Å². The van der Waals surface area contributed by atoms with Gasteiger partial charge in [0.1, 0.15) is 11.8 Å². The summed E-state index contributed by atoms with van der Waals surface area (Å²) in [6.45, 7) is 2.01. The van der Waals surface area contributed by atoms with Gasteiger partial charge in [-0.25, -0.2) is 0 Å². The van der Waals surface area contributed by atoms with Gasteiger partial charge in [-0.15, -0.1) is 0 Å². The minimum atomic E-state index is -0.588. The molecule has 5 nitrogen and oxygen atoms in total. The number of benzene rings is 2. The lowest BCUT2D eigenvalue weighted by Gasteiger charge is -2.32. The lowest BCUT2D eigenvalue weighted by Crippen LogP contribution is -2.52. The number of hydrogen-bond donors (Lipinski definition) is 1. The summed E-state index contributed by atoms with van der Waals surface area (Å²) < 4.78 is 5.68. The molecule has 0 bridgehead atoms. The molecule has 172 valence electrons. The lowest BCUT2D eigenvalue weighted by molar-refractivity contribution is -0.143. The second-order valence-electron chi connectivity index (χ2n) is 8.13. The van der Waals surface area contributed by atoms with Gasteiger partial charge in [-0.3, -0.25) is 9.59 Å². The summed E-state index contributed by atoms with van der Waals surface area (Å²) in [6, 6.07) is 13.9. The van der Waals surface area contributed by atoms with Crippen molar-refractivity contribution in [2.75, 3.05) is 6.61 Å². The van der Waals surface area contributed by atoms with Crippen LogP contribution in [0.4, 0.5) is 0 Å². The van der Waals surface area contributed by atoms with Crippen molar-refractivity contribution >= 4 is 35.0 Å². The van der Waals surface area contributed by atoms with Crippen LogP contribution in [0.3, 0.4) is 0 Å². The van der Waals surface area contributed by atoms with Gasteiger partial charge in [-0.1, -0.05) is 73.7 Å². The van der Waals surface area contributed by atoms with Gasteiger partial charge in [0.25, 0.3) is 5.91 Å². The molecule has 0 unspecified atom stereocenters. The van der Waals surface area contributed by atoms with Crippen LogP contribution in [0.1, 0.15) is 51.0 Å². The Morgan fingerprint density at radius 3 is 2.41 bits per heavy atom. The van der Waals surface area contributed by atoms with Crippen molar-refractivity contribution in [3.8, 4) is 5.75 Å². The highest BCUT2D eigenvalue weighted by Crippen LogP contribution is 2.24. The maximum Gasteiger partial charge on any atom is 0.261 e. The zero-order valence-corrected chi connectivity index (χ0v) is 19.9. The van der Waals surface area contributed by atoms with Crippen LogP contribution < -0.4 is 10.1 Å². The average molecular weight is 477 g/mol. The minimum Gasteiger partial charge on any atom is -0.482 e. The Kier molecular flexibility index (Phi) is 9.24. The summed E-state index contributed by atoms with van der Waals surface area (Å²) in [5.41, 5.74) is 0.893. The van der Waals surface area contributed by atoms with Gasteiger partial charge in [0.2, 0.25) is 5.91 Å². The number of hydrogen-bond acceptors (Lipinski definition) is 3. The Hall–Kier alpha value is -2.24. The van der Waals surface area contributed by atoms with Crippen LogP contribution in [0.2, 0.25) is 10.0 Å². The van der Waals surface area contributed by atoms with Crippen molar-refractivity contribution in [2.24, 2.45) is 0 Å². The number of carbonyl (C=O) groups excluding carboxylic acids is 2. The van der Waals surface area contributed by atoms with E-state index in [4.69, 9.17) is 27.9 Å². The topological polar surface area (TPSA) is 58.6 Å². The molecule has 1 saturated carbocycles. The number of nitrogens with zero attached hydrogens (tertiary/aromatic N) is 1. The van der Waals surface area contributed by atoms with Gasteiger partial charge in [0.05, 0.1) is 5.02 Å². The summed E-state index contributed by atoms with van der Waals surface area (Å²) in [4.78, 5) is 28.0. The summed E-state index contributed by atoms with van der Waals surface area (Å²) in [6.07, 6.45) is 5.95. The molecule has 0 aromatic heterocycles. The van der Waals surface area contributed by atoms with E-state index in [1.54, 1.807) is 41.3 Å². The first-order valence-corrected chi connectivity index (χ1v) is 11.9. The van der Waals surface area contributed by atoms with Gasteiger partial charge in [0.15, 0.2) is 6.61 Å². The highest BCUT2D eigenvalue weighted by Gasteiger charge is 2.30. The molecule has 2 aromatic carbocycles. The molecule has 0 aliphatic heterocycles. The third-order valence-corrected chi connectivity index (χ3v) is 6.36. The lowest BCUT2D eigenvalue weighted by atomic mass is 9.95. The predicted molar refractivity (Wildman–Crippen MR) is 128 cm³/mol. The summed E-state index contributed by atoms with van der Waals surface area (Å²) in [7, 11) is 0. The Morgan fingerprint density at radius 2 is 1.75 bits per heavy atom. The number of nitrogens with one attached hydrogen (secondary N) is 1. The van der Waals surface area contributed by atoms with E-state index in [0.29, 0.717) is 28.8 Å². The number of para-hydroxylation sites is 1. The van der Waals surface area contributed by atoms with E-state index in [1.165, 1.54) is 6.42 Å². The molecule has 1 atom stereocenters. The SMILES string of the molecule is CC[C@@H](C(=O)NC1CCCCC1)N(Cc1ccc(Cl)cc1)C(=O)COc1ccccc1Cl. The van der Waals surface area contributed by atoms with Crippen molar-refractivity contribution in [3.63, 3.8) is 0 Å². The fourth-order valence-electron chi connectivity index (χ4n) is 4.03. The summed E-state index contributed by atoms with van der Waals surface area (Å²) in [5, 5.41) is 4.22. The molecule has 0 saturated heterocycles. The van der Waals surface area contributed by atoms with Crippen LogP contribution in [0.15, 0.2) is 48.5 Å². The van der Waals surface area contributed by atoms with Crippen molar-refractivity contribution in [2.45, 2.75) is 64.1 Å². The van der Waals surface area contributed by atoms with E-state index >= 15 is 0 Å². The maximum atomic E-state index is 13.2. The molecule has 0 spiro atoms. The molecule has 1 N–H and O–H groups in total. The standard InChI is InChI=1S/C25H30Cl2N2O3/c1-2-22(25(31)28-20-8-4-3-5-9-20)29(16-18-12-14-19(26)15-13-18)24(30)17-32-23-11-7-6-10-21(23)27/h6-7,10-15,20,22H,2-5,8-9,16-17H2,1H3,(H,28,31)/t22-/m0/s1. The van der Waals surface area contributed by atoms with Gasteiger partial charge in [0, 0.05) is 17.6 Å². The monoisotopic (exact) mass is 476 g/mol. The Labute approximate surface area is 200 Å². The molecule has 7 heteroatoms. The maximum absolute atomic E-state index is 13.2.